The number of carbonyl (C=O) groups is 2. The Hall–Kier alpha value is -1.89. The maximum Gasteiger partial charge on any atom is 0.306 e. The zero-order valence-corrected chi connectivity index (χ0v) is 12.7. The number of amides is 1. The largest absolute Gasteiger partial charge is 0.463 e. The molecule has 0 atom stereocenters. The molecule has 0 N–H and O–H groups in total. The molecule has 0 spiro atoms. The Morgan fingerprint density at radius 1 is 1.29 bits per heavy atom. The molecule has 0 saturated heterocycles. The minimum Gasteiger partial charge on any atom is -0.463 e. The summed E-state index contributed by atoms with van der Waals surface area (Å²) in [4.78, 5) is 23.5. The fraction of sp³-hybridized carbons (Fsp3) is 0.429. The van der Waals surface area contributed by atoms with E-state index < -0.39 is 21.9 Å². The van der Waals surface area contributed by atoms with Crippen LogP contribution in [0.3, 0.4) is 0 Å². The van der Waals surface area contributed by atoms with E-state index in [0.29, 0.717) is 0 Å². The number of rotatable bonds is 5. The Labute approximate surface area is 123 Å². The topological polar surface area (TPSA) is 80.8 Å². The number of ether oxygens (including phenoxy) is 1. The van der Waals surface area contributed by atoms with Gasteiger partial charge in [-0.15, -0.1) is 0 Å². The van der Waals surface area contributed by atoms with E-state index >= 15 is 0 Å². The highest BCUT2D eigenvalue weighted by molar-refractivity contribution is 7.90. The highest BCUT2D eigenvalue weighted by atomic mass is 32.2. The summed E-state index contributed by atoms with van der Waals surface area (Å²) in [5, 5.41) is 0. The number of nitrogens with zero attached hydrogens (tertiary/aromatic N) is 1. The van der Waals surface area contributed by atoms with E-state index in [1.165, 1.54) is 12.1 Å². The number of esters is 1. The first-order valence-corrected chi connectivity index (χ1v) is 8.13. The van der Waals surface area contributed by atoms with Crippen molar-refractivity contribution >= 4 is 21.9 Å². The molecule has 2 rings (SSSR count). The van der Waals surface area contributed by atoms with E-state index in [2.05, 4.69) is 0 Å². The lowest BCUT2D eigenvalue weighted by molar-refractivity contribution is -0.147. The van der Waals surface area contributed by atoms with E-state index in [1.807, 2.05) is 0 Å². The zero-order chi connectivity index (χ0) is 15.6. The number of carbonyl (C=O) groups excluding carboxylic acids is 2. The van der Waals surface area contributed by atoms with Gasteiger partial charge in [0.05, 0.1) is 11.7 Å². The molecule has 0 unspecified atom stereocenters. The number of benzene rings is 1. The average molecular weight is 311 g/mol. The molecule has 1 aromatic rings. The van der Waals surface area contributed by atoms with Gasteiger partial charge < -0.3 is 4.74 Å². The quantitative estimate of drug-likeness (QED) is 0.771. The van der Waals surface area contributed by atoms with Crippen molar-refractivity contribution in [3.8, 4) is 0 Å². The van der Waals surface area contributed by atoms with Crippen molar-refractivity contribution in [2.75, 3.05) is 6.54 Å². The molecular formula is C14H17NO5S. The molecule has 21 heavy (non-hydrogen) atoms. The molecule has 0 fully saturated rings. The van der Waals surface area contributed by atoms with Gasteiger partial charge in [-0.3, -0.25) is 9.59 Å². The van der Waals surface area contributed by atoms with Crippen molar-refractivity contribution in [1.29, 1.82) is 0 Å². The molecular weight excluding hydrogens is 294 g/mol. The van der Waals surface area contributed by atoms with Crippen LogP contribution in [0.2, 0.25) is 0 Å². The van der Waals surface area contributed by atoms with Gasteiger partial charge in [-0.2, -0.15) is 0 Å². The molecule has 0 radical (unpaired) electrons. The lowest BCUT2D eigenvalue weighted by Crippen LogP contribution is -2.31. The predicted molar refractivity (Wildman–Crippen MR) is 75.1 cm³/mol. The molecule has 1 aromatic carbocycles. The van der Waals surface area contributed by atoms with Gasteiger partial charge in [0.15, 0.2) is 0 Å². The van der Waals surface area contributed by atoms with Gasteiger partial charge in [-0.1, -0.05) is 12.1 Å². The summed E-state index contributed by atoms with van der Waals surface area (Å²) in [6.07, 6.45) is 0.108. The molecule has 1 aliphatic heterocycles. The first-order valence-electron chi connectivity index (χ1n) is 6.69. The number of hydrogen-bond donors (Lipinski definition) is 0. The summed E-state index contributed by atoms with van der Waals surface area (Å²) in [5.74, 6) is -0.936. The van der Waals surface area contributed by atoms with Crippen LogP contribution in [0.4, 0.5) is 0 Å². The fourth-order valence-corrected chi connectivity index (χ4v) is 3.75. The molecule has 1 amide bonds. The summed E-state index contributed by atoms with van der Waals surface area (Å²) in [6.45, 7) is 3.45. The smallest absolute Gasteiger partial charge is 0.306 e. The Morgan fingerprint density at radius 3 is 2.57 bits per heavy atom. The Kier molecular flexibility index (Phi) is 4.32. The summed E-state index contributed by atoms with van der Waals surface area (Å²) < 4.78 is 30.3. The van der Waals surface area contributed by atoms with Crippen molar-refractivity contribution in [1.82, 2.24) is 4.31 Å². The summed E-state index contributed by atoms with van der Waals surface area (Å²) in [6, 6.07) is 6.10. The first-order chi connectivity index (χ1) is 9.84. The Balaban J connectivity index is 2.03. The second-order valence-corrected chi connectivity index (χ2v) is 6.85. The first kappa shape index (κ1) is 15.5. The minimum absolute atomic E-state index is 0.0248. The van der Waals surface area contributed by atoms with Crippen LogP contribution in [0.5, 0.6) is 0 Å². The lowest BCUT2D eigenvalue weighted by Gasteiger charge is -2.15. The van der Waals surface area contributed by atoms with Crippen LogP contribution in [0.15, 0.2) is 29.2 Å². The summed E-state index contributed by atoms with van der Waals surface area (Å²) in [7, 11) is -3.78. The predicted octanol–water partition coefficient (Wildman–Crippen LogP) is 1.56. The molecule has 0 saturated carbocycles. The zero-order valence-electron chi connectivity index (χ0n) is 11.9. The molecule has 7 heteroatoms. The molecule has 0 aromatic heterocycles. The van der Waals surface area contributed by atoms with E-state index in [1.54, 1.807) is 26.0 Å². The molecule has 0 bridgehead atoms. The minimum atomic E-state index is -3.78. The Morgan fingerprint density at radius 2 is 1.95 bits per heavy atom. The van der Waals surface area contributed by atoms with E-state index in [9.17, 15) is 18.0 Å². The van der Waals surface area contributed by atoms with Crippen molar-refractivity contribution < 1.29 is 22.7 Å². The standard InChI is InChI=1S/C14H17NO5S/c1-10(2)20-13(16)8-5-9-15-14(17)11-6-3-4-7-12(11)21(15,18)19/h3-4,6-7,10H,5,8-9H2,1-2H3. The van der Waals surface area contributed by atoms with Gasteiger partial charge in [0.25, 0.3) is 15.9 Å². The van der Waals surface area contributed by atoms with Crippen LogP contribution in [-0.2, 0) is 19.6 Å². The van der Waals surface area contributed by atoms with Crippen LogP contribution in [0.1, 0.15) is 37.0 Å². The van der Waals surface area contributed by atoms with Crippen molar-refractivity contribution in [3.63, 3.8) is 0 Å². The third-order valence-electron chi connectivity index (χ3n) is 3.02. The maximum absolute atomic E-state index is 12.2. The molecule has 1 aliphatic rings. The average Bonchev–Trinajstić information content (AvgIpc) is 2.59. The highest BCUT2D eigenvalue weighted by Crippen LogP contribution is 2.29. The lowest BCUT2D eigenvalue weighted by atomic mass is 10.2. The van der Waals surface area contributed by atoms with Crippen molar-refractivity contribution in [2.45, 2.75) is 37.7 Å². The molecule has 0 aliphatic carbocycles. The van der Waals surface area contributed by atoms with Crippen molar-refractivity contribution in [2.24, 2.45) is 0 Å². The molecule has 1 heterocycles. The second-order valence-electron chi connectivity index (χ2n) is 5.02. The summed E-state index contributed by atoms with van der Waals surface area (Å²) in [5.41, 5.74) is 0.183. The van der Waals surface area contributed by atoms with Gasteiger partial charge >= 0.3 is 5.97 Å². The second kappa shape index (κ2) is 5.85. The number of fused-ring (bicyclic) bond motifs is 1. The van der Waals surface area contributed by atoms with Crippen molar-refractivity contribution in [3.05, 3.63) is 29.8 Å². The molecule has 6 nitrogen and oxygen atoms in total. The fourth-order valence-electron chi connectivity index (χ4n) is 2.14. The third kappa shape index (κ3) is 3.07. The maximum atomic E-state index is 12.2. The van der Waals surface area contributed by atoms with Crippen LogP contribution in [0, 0.1) is 0 Å². The monoisotopic (exact) mass is 311 g/mol. The van der Waals surface area contributed by atoms with Crippen LogP contribution >= 0.6 is 0 Å². The number of sulfonamides is 1. The van der Waals surface area contributed by atoms with Gasteiger partial charge in [0.1, 0.15) is 4.90 Å². The summed E-state index contributed by atoms with van der Waals surface area (Å²) >= 11 is 0. The van der Waals surface area contributed by atoms with Gasteiger partial charge in [0, 0.05) is 13.0 Å². The van der Waals surface area contributed by atoms with E-state index in [0.717, 1.165) is 4.31 Å². The van der Waals surface area contributed by atoms with Crippen LogP contribution in [-0.4, -0.2) is 37.2 Å². The third-order valence-corrected chi connectivity index (χ3v) is 4.86. The van der Waals surface area contributed by atoms with E-state index in [-0.39, 0.29) is 35.9 Å². The van der Waals surface area contributed by atoms with E-state index in [4.69, 9.17) is 4.74 Å². The van der Waals surface area contributed by atoms with Gasteiger partial charge in [-0.05, 0) is 32.4 Å². The van der Waals surface area contributed by atoms with Crippen LogP contribution < -0.4 is 0 Å². The number of hydrogen-bond acceptors (Lipinski definition) is 5. The van der Waals surface area contributed by atoms with Gasteiger partial charge in [0.2, 0.25) is 0 Å². The van der Waals surface area contributed by atoms with Crippen LogP contribution in [0.25, 0.3) is 0 Å². The molecule has 114 valence electrons. The van der Waals surface area contributed by atoms with Gasteiger partial charge in [-0.25, -0.2) is 12.7 Å². The SMILES string of the molecule is CC(C)OC(=O)CCCN1C(=O)c2ccccc2S1(=O)=O. The normalized spacial score (nSPS) is 16.1. The Bertz CT molecular complexity index is 666. The highest BCUT2D eigenvalue weighted by Gasteiger charge is 2.40.